The molecule has 4 heteroatoms. The van der Waals surface area contributed by atoms with Crippen LogP contribution in [-0.4, -0.2) is 24.4 Å². The lowest BCUT2D eigenvalue weighted by Crippen LogP contribution is -2.42. The second-order valence-corrected chi connectivity index (χ2v) is 5.34. The number of fused-ring (bicyclic) bond motifs is 1. The third-order valence-electron chi connectivity index (χ3n) is 3.97. The van der Waals surface area contributed by atoms with Gasteiger partial charge in [0.05, 0.1) is 0 Å². The molecule has 19 heavy (non-hydrogen) atoms. The third kappa shape index (κ3) is 2.23. The number of amides is 2. The highest BCUT2D eigenvalue weighted by atomic mass is 16.2. The number of rotatable bonds is 1. The maximum absolute atomic E-state index is 12.3. The standard InChI is InChI=1S/C15H18N2O2/c1-10-15(19)17(8-7-14(18)16-10)13-6-5-11-3-2-4-12(11)9-13/h5-6,9-10H,2-4,7-8H2,1H3,(H,16,18). The Labute approximate surface area is 112 Å². The maximum atomic E-state index is 12.3. The predicted octanol–water partition coefficient (Wildman–Crippen LogP) is 1.42. The molecule has 0 aromatic heterocycles. The summed E-state index contributed by atoms with van der Waals surface area (Å²) in [6, 6.07) is 5.80. The summed E-state index contributed by atoms with van der Waals surface area (Å²) in [5.74, 6) is -0.0756. The first kappa shape index (κ1) is 12.2. The zero-order chi connectivity index (χ0) is 13.4. The average Bonchev–Trinajstić information content (AvgIpc) is 2.81. The van der Waals surface area contributed by atoms with E-state index in [1.807, 2.05) is 6.07 Å². The summed E-state index contributed by atoms with van der Waals surface area (Å²) in [6.45, 7) is 2.21. The number of aryl methyl sites for hydroxylation is 2. The molecule has 1 aromatic rings. The number of hydrogen-bond acceptors (Lipinski definition) is 2. The first-order chi connectivity index (χ1) is 9.15. The largest absolute Gasteiger partial charge is 0.345 e. The summed E-state index contributed by atoms with van der Waals surface area (Å²) in [7, 11) is 0. The third-order valence-corrected chi connectivity index (χ3v) is 3.97. The Hall–Kier alpha value is -1.84. The Balaban J connectivity index is 1.91. The van der Waals surface area contributed by atoms with E-state index in [2.05, 4.69) is 17.4 Å². The van der Waals surface area contributed by atoms with E-state index >= 15 is 0 Å². The van der Waals surface area contributed by atoms with Gasteiger partial charge in [-0.1, -0.05) is 6.07 Å². The molecule has 0 bridgehead atoms. The van der Waals surface area contributed by atoms with Crippen LogP contribution >= 0.6 is 0 Å². The van der Waals surface area contributed by atoms with Gasteiger partial charge in [0.2, 0.25) is 11.8 Å². The summed E-state index contributed by atoms with van der Waals surface area (Å²) >= 11 is 0. The molecule has 2 aliphatic rings. The quantitative estimate of drug-likeness (QED) is 0.828. The molecule has 1 heterocycles. The second kappa shape index (κ2) is 4.68. The number of anilines is 1. The molecule has 100 valence electrons. The number of nitrogens with zero attached hydrogens (tertiary/aromatic N) is 1. The molecule has 1 aromatic carbocycles. The fraction of sp³-hybridized carbons (Fsp3) is 0.467. The number of carbonyl (C=O) groups excluding carboxylic acids is 2. The molecule has 0 radical (unpaired) electrons. The van der Waals surface area contributed by atoms with Crippen LogP contribution in [0.2, 0.25) is 0 Å². The minimum absolute atomic E-state index is 0.0243. The lowest BCUT2D eigenvalue weighted by molar-refractivity contribution is -0.125. The van der Waals surface area contributed by atoms with E-state index in [9.17, 15) is 9.59 Å². The van der Waals surface area contributed by atoms with Gasteiger partial charge in [-0.25, -0.2) is 0 Å². The zero-order valence-electron chi connectivity index (χ0n) is 11.1. The Morgan fingerprint density at radius 3 is 2.79 bits per heavy atom. The SMILES string of the molecule is CC1NC(=O)CCN(c2ccc3c(c2)CCC3)C1=O. The van der Waals surface area contributed by atoms with E-state index in [1.165, 1.54) is 17.5 Å². The number of nitrogens with one attached hydrogen (secondary N) is 1. The fourth-order valence-corrected chi connectivity index (χ4v) is 2.92. The summed E-state index contributed by atoms with van der Waals surface area (Å²) in [5.41, 5.74) is 3.67. The van der Waals surface area contributed by atoms with E-state index < -0.39 is 6.04 Å². The normalized spacial score (nSPS) is 23.0. The number of benzene rings is 1. The van der Waals surface area contributed by atoms with Gasteiger partial charge in [-0.05, 0) is 49.4 Å². The van der Waals surface area contributed by atoms with Crippen LogP contribution in [0.15, 0.2) is 18.2 Å². The van der Waals surface area contributed by atoms with Crippen molar-refractivity contribution in [2.45, 2.75) is 38.6 Å². The van der Waals surface area contributed by atoms with Crippen molar-refractivity contribution in [1.82, 2.24) is 5.32 Å². The average molecular weight is 258 g/mol. The molecule has 1 aliphatic heterocycles. The van der Waals surface area contributed by atoms with Gasteiger partial charge in [-0.15, -0.1) is 0 Å². The highest BCUT2D eigenvalue weighted by molar-refractivity contribution is 6.01. The summed E-state index contributed by atoms with van der Waals surface area (Å²) < 4.78 is 0. The van der Waals surface area contributed by atoms with Crippen LogP contribution in [0.5, 0.6) is 0 Å². The number of hydrogen-bond donors (Lipinski definition) is 1. The molecule has 1 atom stereocenters. The van der Waals surface area contributed by atoms with Gasteiger partial charge in [0.15, 0.2) is 0 Å². The van der Waals surface area contributed by atoms with Gasteiger partial charge >= 0.3 is 0 Å². The van der Waals surface area contributed by atoms with Crippen molar-refractivity contribution in [3.8, 4) is 0 Å². The van der Waals surface area contributed by atoms with Crippen LogP contribution < -0.4 is 10.2 Å². The molecule has 1 aliphatic carbocycles. The highest BCUT2D eigenvalue weighted by Crippen LogP contribution is 2.27. The van der Waals surface area contributed by atoms with Crippen LogP contribution in [-0.2, 0) is 22.4 Å². The molecule has 1 unspecified atom stereocenters. The molecule has 0 saturated carbocycles. The molecule has 1 N–H and O–H groups in total. The van der Waals surface area contributed by atoms with E-state index in [0.29, 0.717) is 13.0 Å². The molecular weight excluding hydrogens is 240 g/mol. The van der Waals surface area contributed by atoms with Crippen molar-refractivity contribution in [1.29, 1.82) is 0 Å². The Kier molecular flexibility index (Phi) is 3.01. The first-order valence-electron chi connectivity index (χ1n) is 6.88. The van der Waals surface area contributed by atoms with Crippen LogP contribution in [0.25, 0.3) is 0 Å². The molecule has 2 amide bonds. The lowest BCUT2D eigenvalue weighted by Gasteiger charge is -2.23. The number of carbonyl (C=O) groups is 2. The van der Waals surface area contributed by atoms with Crippen LogP contribution in [0.3, 0.4) is 0 Å². The smallest absolute Gasteiger partial charge is 0.249 e. The van der Waals surface area contributed by atoms with Gasteiger partial charge in [-0.3, -0.25) is 9.59 Å². The Bertz CT molecular complexity index is 539. The van der Waals surface area contributed by atoms with Gasteiger partial charge in [0.1, 0.15) is 6.04 Å². The minimum Gasteiger partial charge on any atom is -0.345 e. The van der Waals surface area contributed by atoms with Crippen molar-refractivity contribution in [3.63, 3.8) is 0 Å². The van der Waals surface area contributed by atoms with Crippen LogP contribution in [0, 0.1) is 0 Å². The monoisotopic (exact) mass is 258 g/mol. The van der Waals surface area contributed by atoms with Crippen molar-refractivity contribution in [2.75, 3.05) is 11.4 Å². The van der Waals surface area contributed by atoms with Crippen LogP contribution in [0.4, 0.5) is 5.69 Å². The molecule has 4 nitrogen and oxygen atoms in total. The first-order valence-corrected chi connectivity index (χ1v) is 6.88. The van der Waals surface area contributed by atoms with Gasteiger partial charge < -0.3 is 10.2 Å². The Morgan fingerprint density at radius 2 is 1.95 bits per heavy atom. The Morgan fingerprint density at radius 1 is 1.16 bits per heavy atom. The fourth-order valence-electron chi connectivity index (χ4n) is 2.92. The van der Waals surface area contributed by atoms with Gasteiger partial charge in [0, 0.05) is 18.7 Å². The lowest BCUT2D eigenvalue weighted by atomic mass is 10.1. The van der Waals surface area contributed by atoms with E-state index in [-0.39, 0.29) is 11.8 Å². The summed E-state index contributed by atoms with van der Waals surface area (Å²) in [4.78, 5) is 25.6. The second-order valence-electron chi connectivity index (χ2n) is 5.34. The highest BCUT2D eigenvalue weighted by Gasteiger charge is 2.28. The van der Waals surface area contributed by atoms with Crippen LogP contribution in [0.1, 0.15) is 30.9 Å². The zero-order valence-corrected chi connectivity index (χ0v) is 11.1. The van der Waals surface area contributed by atoms with E-state index in [0.717, 1.165) is 18.5 Å². The van der Waals surface area contributed by atoms with E-state index in [1.54, 1.807) is 11.8 Å². The minimum atomic E-state index is -0.441. The van der Waals surface area contributed by atoms with Crippen molar-refractivity contribution in [2.24, 2.45) is 0 Å². The molecule has 0 spiro atoms. The summed E-state index contributed by atoms with van der Waals surface area (Å²) in [5, 5.41) is 2.71. The van der Waals surface area contributed by atoms with Gasteiger partial charge in [-0.2, -0.15) is 0 Å². The van der Waals surface area contributed by atoms with Crippen molar-refractivity contribution in [3.05, 3.63) is 29.3 Å². The topological polar surface area (TPSA) is 49.4 Å². The predicted molar refractivity (Wildman–Crippen MR) is 73.0 cm³/mol. The van der Waals surface area contributed by atoms with Crippen molar-refractivity contribution < 1.29 is 9.59 Å². The molecular formula is C15H18N2O2. The van der Waals surface area contributed by atoms with Crippen molar-refractivity contribution >= 4 is 17.5 Å². The molecule has 3 rings (SSSR count). The van der Waals surface area contributed by atoms with E-state index in [4.69, 9.17) is 0 Å². The summed E-state index contributed by atoms with van der Waals surface area (Å²) in [6.07, 6.45) is 3.80. The maximum Gasteiger partial charge on any atom is 0.249 e. The van der Waals surface area contributed by atoms with Gasteiger partial charge in [0.25, 0.3) is 0 Å². The molecule has 1 fully saturated rings. The molecule has 1 saturated heterocycles.